The molecular weight excluding hydrogens is 391 g/mol. The third kappa shape index (κ3) is 3.34. The van der Waals surface area contributed by atoms with E-state index in [0.29, 0.717) is 17.7 Å². The average Bonchev–Trinajstić information content (AvgIpc) is 2.90. The molecule has 0 bridgehead atoms. The maximum Gasteiger partial charge on any atom is 0.226 e. The van der Waals surface area contributed by atoms with Crippen molar-refractivity contribution in [1.29, 1.82) is 0 Å². The smallest absolute Gasteiger partial charge is 0.226 e. The number of nitrogens with two attached hydrogens (primary N) is 1. The van der Waals surface area contributed by atoms with Gasteiger partial charge in [-0.3, -0.25) is 3.11 Å². The van der Waals surface area contributed by atoms with Crippen LogP contribution in [0.2, 0.25) is 0 Å². The zero-order valence-corrected chi connectivity index (χ0v) is 14.8. The molecule has 3 rings (SSSR count). The van der Waals surface area contributed by atoms with Crippen LogP contribution in [0.3, 0.4) is 0 Å². The number of fused-ring (bicyclic) bond motifs is 1. The van der Waals surface area contributed by atoms with Crippen LogP contribution in [-0.4, -0.2) is 16.5 Å². The molecule has 2 aromatic rings. The van der Waals surface area contributed by atoms with E-state index in [1.807, 2.05) is 18.2 Å². The summed E-state index contributed by atoms with van der Waals surface area (Å²) in [6.07, 6.45) is 0. The third-order valence-corrected chi connectivity index (χ3v) is 5.19. The van der Waals surface area contributed by atoms with Crippen molar-refractivity contribution in [2.24, 2.45) is 9.06 Å². The molecule has 0 amide bonds. The summed E-state index contributed by atoms with van der Waals surface area (Å²) in [5, 5.41) is 3.24. The minimum absolute atomic E-state index is 0.464. The van der Waals surface area contributed by atoms with E-state index in [2.05, 4.69) is 47.5 Å². The van der Waals surface area contributed by atoms with Crippen LogP contribution in [0.15, 0.2) is 33.5 Å². The second kappa shape index (κ2) is 6.55. The largest absolute Gasteiger partial charge is 0.382 e. The van der Waals surface area contributed by atoms with Gasteiger partial charge in [-0.05, 0) is 11.5 Å². The molecule has 116 valence electrons. The average molecular weight is 410 g/mol. The van der Waals surface area contributed by atoms with E-state index in [0.717, 1.165) is 24.6 Å². The van der Waals surface area contributed by atoms with E-state index in [9.17, 15) is 0 Å². The lowest BCUT2D eigenvalue weighted by Gasteiger charge is -2.16. The molecule has 0 spiro atoms. The summed E-state index contributed by atoms with van der Waals surface area (Å²) < 4.78 is 6.80. The second-order valence-electron chi connectivity index (χ2n) is 5.55. The van der Waals surface area contributed by atoms with E-state index in [1.54, 1.807) is 0 Å². The van der Waals surface area contributed by atoms with E-state index in [4.69, 9.17) is 5.73 Å². The molecule has 1 aliphatic heterocycles. The molecule has 0 radical (unpaired) electrons. The van der Waals surface area contributed by atoms with Gasteiger partial charge in [0.15, 0.2) is 17.3 Å². The molecule has 22 heavy (non-hydrogen) atoms. The molecule has 0 unspecified atom stereocenters. The highest BCUT2D eigenvalue weighted by Crippen LogP contribution is 2.45. The number of anilines is 3. The zero-order valence-electron chi connectivity index (χ0n) is 12.6. The number of nitrogens with zero attached hydrogens (tertiary/aromatic N) is 4. The van der Waals surface area contributed by atoms with Crippen LogP contribution in [0.1, 0.15) is 19.4 Å². The predicted octanol–water partition coefficient (Wildman–Crippen LogP) is 3.85. The number of halogens is 1. The van der Waals surface area contributed by atoms with Gasteiger partial charge in [0.05, 0.1) is 6.54 Å². The molecule has 1 aliphatic rings. The molecule has 3 N–H and O–H groups in total. The predicted molar refractivity (Wildman–Crippen MR) is 98.5 cm³/mol. The summed E-state index contributed by atoms with van der Waals surface area (Å²) in [5.74, 6) is 2.43. The lowest BCUT2D eigenvalue weighted by atomic mass is 10.2. The summed E-state index contributed by atoms with van der Waals surface area (Å²) in [6, 6.07) is 10.3. The molecule has 0 fully saturated rings. The number of aromatic nitrogens is 2. The minimum atomic E-state index is -0.483. The number of nitrogen functional groups attached to an aromatic ring is 1. The molecular formula is C15H19IN6. The Labute approximate surface area is 140 Å². The van der Waals surface area contributed by atoms with Crippen molar-refractivity contribution in [2.75, 3.05) is 20.7 Å². The SMILES string of the molecule is CC(C)CNc1nc(N)c2c(n1)N(Cc1ccccc1)I=N2. The number of benzene rings is 1. The Hall–Kier alpha value is -1.77. The molecule has 0 saturated heterocycles. The topological polar surface area (TPSA) is 79.4 Å². The van der Waals surface area contributed by atoms with Crippen molar-refractivity contribution in [3.05, 3.63) is 35.9 Å². The zero-order chi connectivity index (χ0) is 15.5. The first-order valence-electron chi connectivity index (χ1n) is 7.22. The van der Waals surface area contributed by atoms with E-state index in [1.165, 1.54) is 5.56 Å². The summed E-state index contributed by atoms with van der Waals surface area (Å²) in [6.45, 7) is 5.92. The van der Waals surface area contributed by atoms with Crippen LogP contribution < -0.4 is 14.2 Å². The first-order valence-corrected chi connectivity index (χ1v) is 9.15. The van der Waals surface area contributed by atoms with Gasteiger partial charge in [-0.25, -0.2) is 0 Å². The summed E-state index contributed by atoms with van der Waals surface area (Å²) in [4.78, 5) is 8.93. The van der Waals surface area contributed by atoms with Crippen LogP contribution in [-0.2, 0) is 6.54 Å². The van der Waals surface area contributed by atoms with Crippen molar-refractivity contribution in [1.82, 2.24) is 9.97 Å². The first-order chi connectivity index (χ1) is 10.6. The monoisotopic (exact) mass is 410 g/mol. The maximum absolute atomic E-state index is 6.04. The van der Waals surface area contributed by atoms with Gasteiger partial charge >= 0.3 is 0 Å². The lowest BCUT2D eigenvalue weighted by molar-refractivity contribution is 0.684. The molecule has 6 nitrogen and oxygen atoms in total. The highest BCUT2D eigenvalue weighted by molar-refractivity contribution is 14.2. The van der Waals surface area contributed by atoms with Crippen molar-refractivity contribution >= 4 is 44.6 Å². The van der Waals surface area contributed by atoms with E-state index >= 15 is 0 Å². The Kier molecular flexibility index (Phi) is 4.51. The number of hydrogen-bond donors (Lipinski definition) is 2. The Morgan fingerprint density at radius 3 is 2.73 bits per heavy atom. The summed E-state index contributed by atoms with van der Waals surface area (Å²) in [5.41, 5.74) is 8.04. The van der Waals surface area contributed by atoms with Crippen LogP contribution in [0.5, 0.6) is 0 Å². The van der Waals surface area contributed by atoms with Gasteiger partial charge in [0, 0.05) is 6.54 Å². The molecule has 2 heterocycles. The Bertz CT molecular complexity index is 686. The van der Waals surface area contributed by atoms with Crippen molar-refractivity contribution < 1.29 is 0 Å². The summed E-state index contributed by atoms with van der Waals surface area (Å²) >= 11 is -0.483. The highest BCUT2D eigenvalue weighted by atomic mass is 127. The molecule has 0 aliphatic carbocycles. The molecule has 7 heteroatoms. The van der Waals surface area contributed by atoms with Gasteiger partial charge in [0.25, 0.3) is 0 Å². The van der Waals surface area contributed by atoms with E-state index < -0.39 is 21.3 Å². The molecule has 0 saturated carbocycles. The van der Waals surface area contributed by atoms with E-state index in [-0.39, 0.29) is 0 Å². The standard InChI is InChI=1S/C15H19IN6/c1-10(2)8-18-15-19-13(17)12-14(20-15)22(16-21-12)9-11-6-4-3-5-7-11/h3-7,10H,8-9H2,1-2H3,(H3,17,18,19,20). The van der Waals surface area contributed by atoms with Gasteiger partial charge in [0.2, 0.25) is 5.95 Å². The highest BCUT2D eigenvalue weighted by Gasteiger charge is 2.23. The van der Waals surface area contributed by atoms with Crippen LogP contribution in [0.4, 0.5) is 23.3 Å². The van der Waals surface area contributed by atoms with Gasteiger partial charge in [-0.2, -0.15) is 13.1 Å². The molecule has 1 aromatic heterocycles. The molecule has 0 atom stereocenters. The van der Waals surface area contributed by atoms with Crippen molar-refractivity contribution in [3.8, 4) is 0 Å². The van der Waals surface area contributed by atoms with Gasteiger partial charge < -0.3 is 11.1 Å². The van der Waals surface area contributed by atoms with Gasteiger partial charge in [-0.1, -0.05) is 44.2 Å². The Morgan fingerprint density at radius 2 is 2.00 bits per heavy atom. The minimum Gasteiger partial charge on any atom is -0.382 e. The van der Waals surface area contributed by atoms with Crippen molar-refractivity contribution in [3.63, 3.8) is 0 Å². The fraction of sp³-hybridized carbons (Fsp3) is 0.333. The van der Waals surface area contributed by atoms with Crippen LogP contribution >= 0.6 is 21.3 Å². The fourth-order valence-corrected chi connectivity index (χ4v) is 4.08. The summed E-state index contributed by atoms with van der Waals surface area (Å²) in [7, 11) is 0. The molecule has 1 aromatic carbocycles. The third-order valence-electron chi connectivity index (χ3n) is 3.17. The quantitative estimate of drug-likeness (QED) is 0.578. The fourth-order valence-electron chi connectivity index (χ4n) is 2.05. The lowest BCUT2D eigenvalue weighted by Crippen LogP contribution is -2.15. The number of hydrogen-bond acceptors (Lipinski definition) is 6. The van der Waals surface area contributed by atoms with Crippen molar-refractivity contribution in [2.45, 2.75) is 20.4 Å². The van der Waals surface area contributed by atoms with Crippen LogP contribution in [0.25, 0.3) is 0 Å². The maximum atomic E-state index is 6.04. The normalized spacial score (nSPS) is 13.1. The van der Waals surface area contributed by atoms with Gasteiger partial charge in [0.1, 0.15) is 21.3 Å². The second-order valence-corrected chi connectivity index (χ2v) is 7.62. The first kappa shape index (κ1) is 15.1. The number of nitrogens with one attached hydrogen (secondary N) is 1. The van der Waals surface area contributed by atoms with Gasteiger partial charge in [-0.15, -0.1) is 0 Å². The Morgan fingerprint density at radius 1 is 1.23 bits per heavy atom. The van der Waals surface area contributed by atoms with Crippen LogP contribution in [0, 0.1) is 5.92 Å². The Balaban J connectivity index is 1.83. The number of rotatable bonds is 5.